The largest absolute Gasteiger partial charge is 0.309 e. The van der Waals surface area contributed by atoms with E-state index in [1.54, 1.807) is 0 Å². The molecule has 12 aromatic rings. The quantitative estimate of drug-likeness (QED) is 0.162. The van der Waals surface area contributed by atoms with Crippen LogP contribution in [0.5, 0.6) is 0 Å². The molecule has 0 atom stereocenters. The van der Waals surface area contributed by atoms with Crippen LogP contribution in [0.1, 0.15) is 0 Å². The normalized spacial score (nSPS) is 12.0. The molecule has 4 heterocycles. The van der Waals surface area contributed by atoms with Gasteiger partial charge in [0.1, 0.15) is 5.65 Å². The van der Waals surface area contributed by atoms with E-state index >= 15 is 0 Å². The molecule has 8 aromatic carbocycles. The lowest BCUT2D eigenvalue weighted by atomic mass is 9.96. The van der Waals surface area contributed by atoms with Gasteiger partial charge in [0.2, 0.25) is 0 Å². The van der Waals surface area contributed by atoms with E-state index in [0.717, 1.165) is 5.69 Å². The summed E-state index contributed by atoms with van der Waals surface area (Å²) in [5, 5.41) is 8.76. The van der Waals surface area contributed by atoms with Gasteiger partial charge in [-0.15, -0.1) is 0 Å². The highest BCUT2D eigenvalue weighted by Crippen LogP contribution is 2.48. The maximum atomic E-state index is 2.53. The van der Waals surface area contributed by atoms with Crippen molar-refractivity contribution in [2.75, 3.05) is 0 Å². The van der Waals surface area contributed by atoms with Crippen LogP contribution in [0.15, 0.2) is 200 Å². The Morgan fingerprint density at radius 2 is 0.764 bits per heavy atom. The molecule has 0 aliphatic carbocycles. The van der Waals surface area contributed by atoms with Crippen molar-refractivity contribution < 1.29 is 0 Å². The molecule has 0 aliphatic rings. The summed E-state index contributed by atoms with van der Waals surface area (Å²) in [6.07, 6.45) is 0. The van der Waals surface area contributed by atoms with Crippen molar-refractivity contribution >= 4 is 70.9 Å². The molecule has 3 nitrogen and oxygen atoms in total. The first-order chi connectivity index (χ1) is 27.3. The average molecular weight is 700 g/mol. The van der Waals surface area contributed by atoms with Gasteiger partial charge in [-0.1, -0.05) is 140 Å². The van der Waals surface area contributed by atoms with E-state index in [2.05, 4.69) is 214 Å². The molecule has 0 bridgehead atoms. The van der Waals surface area contributed by atoms with Gasteiger partial charge in [0.25, 0.3) is 0 Å². The van der Waals surface area contributed by atoms with Crippen LogP contribution in [-0.4, -0.2) is 13.5 Å². The van der Waals surface area contributed by atoms with Gasteiger partial charge >= 0.3 is 0 Å². The number of benzene rings is 8. The number of aromatic nitrogens is 3. The third kappa shape index (κ3) is 4.26. The van der Waals surface area contributed by atoms with E-state index < -0.39 is 0 Å². The lowest BCUT2D eigenvalue weighted by Crippen LogP contribution is -1.99. The first-order valence-electron chi connectivity index (χ1n) is 19.0. The molecule has 0 unspecified atom stereocenters. The van der Waals surface area contributed by atoms with Crippen LogP contribution in [0.25, 0.3) is 105 Å². The van der Waals surface area contributed by atoms with Crippen molar-refractivity contribution in [1.82, 2.24) is 13.5 Å². The molecule has 4 aromatic heterocycles. The SMILES string of the molecule is c1ccc(-c2c3c4cc(-c5ccc6c(c5)c5ccccc5n6-c5ccccc5)ccc4n(-c4ccccc4)c3n3c4ccccc4c4ccccc4c23)cc1. The first kappa shape index (κ1) is 30.1. The zero-order valence-corrected chi connectivity index (χ0v) is 29.9. The number of pyridine rings is 1. The highest BCUT2D eigenvalue weighted by atomic mass is 15.1. The molecule has 0 fully saturated rings. The minimum atomic E-state index is 1.14. The van der Waals surface area contributed by atoms with Crippen LogP contribution in [0.3, 0.4) is 0 Å². The van der Waals surface area contributed by atoms with Gasteiger partial charge in [-0.25, -0.2) is 0 Å². The molecule has 0 N–H and O–H groups in total. The topological polar surface area (TPSA) is 14.3 Å². The molecule has 3 heteroatoms. The molecule has 0 amide bonds. The van der Waals surface area contributed by atoms with Crippen molar-refractivity contribution in [3.05, 3.63) is 200 Å². The highest BCUT2D eigenvalue weighted by molar-refractivity contribution is 6.27. The highest BCUT2D eigenvalue weighted by Gasteiger charge is 2.26. The predicted octanol–water partition coefficient (Wildman–Crippen LogP) is 13.8. The van der Waals surface area contributed by atoms with E-state index in [0.29, 0.717) is 0 Å². The van der Waals surface area contributed by atoms with Crippen LogP contribution >= 0.6 is 0 Å². The molecule has 256 valence electrons. The summed E-state index contributed by atoms with van der Waals surface area (Å²) in [5.74, 6) is 0. The number of fused-ring (bicyclic) bond motifs is 13. The van der Waals surface area contributed by atoms with Crippen molar-refractivity contribution in [1.29, 1.82) is 0 Å². The summed E-state index contributed by atoms with van der Waals surface area (Å²) >= 11 is 0. The maximum absolute atomic E-state index is 2.53. The molecule has 0 spiro atoms. The minimum absolute atomic E-state index is 1.14. The third-order valence-electron chi connectivity index (χ3n) is 11.6. The van der Waals surface area contributed by atoms with Crippen LogP contribution < -0.4 is 0 Å². The van der Waals surface area contributed by atoms with Crippen LogP contribution in [0.4, 0.5) is 0 Å². The van der Waals surface area contributed by atoms with Gasteiger partial charge < -0.3 is 4.57 Å². The van der Waals surface area contributed by atoms with Crippen LogP contribution in [0.2, 0.25) is 0 Å². The van der Waals surface area contributed by atoms with Crippen molar-refractivity contribution in [3.8, 4) is 33.6 Å². The molecular formula is C52H33N3. The fourth-order valence-corrected chi connectivity index (χ4v) is 9.29. The number of hydrogen-bond donors (Lipinski definition) is 0. The monoisotopic (exact) mass is 699 g/mol. The smallest absolute Gasteiger partial charge is 0.131 e. The van der Waals surface area contributed by atoms with E-state index in [1.807, 2.05) is 0 Å². The van der Waals surface area contributed by atoms with E-state index in [1.165, 1.54) is 98.9 Å². The van der Waals surface area contributed by atoms with Crippen LogP contribution in [-0.2, 0) is 0 Å². The summed E-state index contributed by atoms with van der Waals surface area (Å²) in [6, 6.07) is 73.1. The Balaban J connectivity index is 1.23. The van der Waals surface area contributed by atoms with Gasteiger partial charge in [0.15, 0.2) is 0 Å². The Morgan fingerprint density at radius 1 is 0.291 bits per heavy atom. The lowest BCUT2D eigenvalue weighted by molar-refractivity contribution is 1.12. The number of para-hydroxylation sites is 4. The Hall–Kier alpha value is -7.36. The molecule has 12 rings (SSSR count). The number of nitrogens with zero attached hydrogens (tertiary/aromatic N) is 3. The summed E-state index contributed by atoms with van der Waals surface area (Å²) < 4.78 is 7.40. The minimum Gasteiger partial charge on any atom is -0.309 e. The van der Waals surface area contributed by atoms with Crippen molar-refractivity contribution in [3.63, 3.8) is 0 Å². The zero-order valence-electron chi connectivity index (χ0n) is 29.9. The maximum Gasteiger partial charge on any atom is 0.131 e. The summed E-state index contributed by atoms with van der Waals surface area (Å²) in [7, 11) is 0. The van der Waals surface area contributed by atoms with Crippen molar-refractivity contribution in [2.45, 2.75) is 0 Å². The molecule has 0 saturated heterocycles. The number of rotatable bonds is 4. The Kier molecular flexibility index (Phi) is 6.34. The lowest BCUT2D eigenvalue weighted by Gasteiger charge is -2.14. The summed E-state index contributed by atoms with van der Waals surface area (Å²) in [5.41, 5.74) is 14.4. The Morgan fingerprint density at radius 3 is 1.44 bits per heavy atom. The second kappa shape index (κ2) is 11.6. The fourth-order valence-electron chi connectivity index (χ4n) is 9.29. The van der Waals surface area contributed by atoms with E-state index in [4.69, 9.17) is 0 Å². The summed E-state index contributed by atoms with van der Waals surface area (Å²) in [6.45, 7) is 0. The standard InChI is InChI=1S/C52H33N3/c1-4-16-34(17-5-1)49-50-44-33-36(35-28-30-47-43(32-35)41-24-13-14-26-45(41)53(47)37-18-6-2-7-19-37)29-31-48(44)54(38-20-8-3-9-21-38)52(50)55-46-27-15-12-23-40(46)39-22-10-11-25-42(39)51(49)55/h1-33H. The first-order valence-corrected chi connectivity index (χ1v) is 19.0. The molecule has 0 radical (unpaired) electrons. The van der Waals surface area contributed by atoms with Crippen LogP contribution in [0, 0.1) is 0 Å². The molecule has 0 aliphatic heterocycles. The molecular weight excluding hydrogens is 667 g/mol. The average Bonchev–Trinajstić information content (AvgIpc) is 3.90. The van der Waals surface area contributed by atoms with Gasteiger partial charge in [0, 0.05) is 49.3 Å². The second-order valence-corrected chi connectivity index (χ2v) is 14.5. The van der Waals surface area contributed by atoms with E-state index in [-0.39, 0.29) is 0 Å². The molecule has 55 heavy (non-hydrogen) atoms. The third-order valence-corrected chi connectivity index (χ3v) is 11.6. The molecule has 0 saturated carbocycles. The zero-order chi connectivity index (χ0) is 36.0. The van der Waals surface area contributed by atoms with Crippen molar-refractivity contribution in [2.24, 2.45) is 0 Å². The summed E-state index contributed by atoms with van der Waals surface area (Å²) in [4.78, 5) is 0. The Bertz CT molecular complexity index is 3460. The van der Waals surface area contributed by atoms with Gasteiger partial charge in [-0.05, 0) is 82.7 Å². The predicted molar refractivity (Wildman–Crippen MR) is 232 cm³/mol. The van der Waals surface area contributed by atoms with E-state index in [9.17, 15) is 0 Å². The fraction of sp³-hybridized carbons (Fsp3) is 0. The van der Waals surface area contributed by atoms with Gasteiger partial charge in [-0.3, -0.25) is 8.97 Å². The Labute approximate surface area is 317 Å². The number of hydrogen-bond acceptors (Lipinski definition) is 0. The van der Waals surface area contributed by atoms with Gasteiger partial charge in [-0.2, -0.15) is 0 Å². The van der Waals surface area contributed by atoms with Gasteiger partial charge in [0.05, 0.1) is 27.6 Å². The second-order valence-electron chi connectivity index (χ2n) is 14.5.